The minimum atomic E-state index is -4.34. The van der Waals surface area contributed by atoms with Crippen LogP contribution in [-0.4, -0.2) is 50.9 Å². The standard InChI is InChI=1S/C30H35F2N3O5S/c1-5-40-27-14-12-26(13-15-27)35(41(38,39)28-16-10-25(32)11-17-28)20-29(36)34(19-23-6-8-24(31)9-7-23)22(4)30(37)33-18-21(2)3/h6-17,21-22H,5,18-20H2,1-4H3,(H,33,37). The summed E-state index contributed by atoms with van der Waals surface area (Å²) < 4.78 is 61.1. The van der Waals surface area contributed by atoms with Crippen molar-refractivity contribution in [1.82, 2.24) is 10.2 Å². The molecule has 2 amide bonds. The number of anilines is 1. The zero-order valence-electron chi connectivity index (χ0n) is 23.5. The van der Waals surface area contributed by atoms with Crippen molar-refractivity contribution >= 4 is 27.5 Å². The largest absolute Gasteiger partial charge is 0.494 e. The minimum Gasteiger partial charge on any atom is -0.494 e. The van der Waals surface area contributed by atoms with Gasteiger partial charge < -0.3 is 15.0 Å². The Morgan fingerprint density at radius 3 is 1.98 bits per heavy atom. The molecule has 0 saturated carbocycles. The number of halogens is 2. The Hall–Kier alpha value is -3.99. The molecule has 8 nitrogen and oxygen atoms in total. The van der Waals surface area contributed by atoms with Crippen LogP contribution in [0.1, 0.15) is 33.3 Å². The first-order valence-corrected chi connectivity index (χ1v) is 14.7. The maximum Gasteiger partial charge on any atom is 0.264 e. The molecule has 0 saturated heterocycles. The van der Waals surface area contributed by atoms with E-state index in [1.165, 1.54) is 41.3 Å². The van der Waals surface area contributed by atoms with Crippen molar-refractivity contribution < 1.29 is 31.5 Å². The lowest BCUT2D eigenvalue weighted by atomic mass is 10.1. The van der Waals surface area contributed by atoms with Crippen molar-refractivity contribution in [3.63, 3.8) is 0 Å². The van der Waals surface area contributed by atoms with E-state index >= 15 is 0 Å². The summed E-state index contributed by atoms with van der Waals surface area (Å²) >= 11 is 0. The van der Waals surface area contributed by atoms with E-state index in [1.54, 1.807) is 19.1 Å². The molecule has 0 aliphatic heterocycles. The second kappa shape index (κ2) is 14.1. The van der Waals surface area contributed by atoms with E-state index in [4.69, 9.17) is 4.74 Å². The number of ether oxygens (including phenoxy) is 1. The Kier molecular flexibility index (Phi) is 10.8. The summed E-state index contributed by atoms with van der Waals surface area (Å²) in [5.74, 6) is -1.47. The molecule has 0 aliphatic carbocycles. The first-order valence-electron chi connectivity index (χ1n) is 13.2. The molecule has 3 rings (SSSR count). The van der Waals surface area contributed by atoms with E-state index in [0.29, 0.717) is 24.5 Å². The first-order chi connectivity index (χ1) is 19.4. The summed E-state index contributed by atoms with van der Waals surface area (Å²) in [6, 6.07) is 14.9. The van der Waals surface area contributed by atoms with Gasteiger partial charge in [-0.05, 0) is 86.0 Å². The highest BCUT2D eigenvalue weighted by molar-refractivity contribution is 7.92. The van der Waals surface area contributed by atoms with Crippen molar-refractivity contribution in [3.05, 3.63) is 90.0 Å². The molecule has 0 fully saturated rings. The number of hydrogen-bond donors (Lipinski definition) is 1. The van der Waals surface area contributed by atoms with Gasteiger partial charge in [0.05, 0.1) is 17.2 Å². The molecule has 220 valence electrons. The van der Waals surface area contributed by atoms with Crippen molar-refractivity contribution in [2.24, 2.45) is 5.92 Å². The van der Waals surface area contributed by atoms with Crippen molar-refractivity contribution in [2.45, 2.75) is 45.2 Å². The van der Waals surface area contributed by atoms with Crippen LogP contribution in [0.3, 0.4) is 0 Å². The lowest BCUT2D eigenvalue weighted by Crippen LogP contribution is -2.51. The average Bonchev–Trinajstić information content (AvgIpc) is 2.94. The third-order valence-corrected chi connectivity index (χ3v) is 8.02. The first kappa shape index (κ1) is 31.5. The van der Waals surface area contributed by atoms with Crippen molar-refractivity contribution in [2.75, 3.05) is 24.0 Å². The monoisotopic (exact) mass is 587 g/mol. The van der Waals surface area contributed by atoms with Crippen molar-refractivity contribution in [1.29, 1.82) is 0 Å². The third-order valence-electron chi connectivity index (χ3n) is 6.23. The molecule has 1 atom stereocenters. The van der Waals surface area contributed by atoms with Crippen LogP contribution >= 0.6 is 0 Å². The van der Waals surface area contributed by atoms with Crippen LogP contribution in [-0.2, 0) is 26.2 Å². The summed E-state index contributed by atoms with van der Waals surface area (Å²) in [7, 11) is -4.34. The molecule has 1 unspecified atom stereocenters. The highest BCUT2D eigenvalue weighted by Gasteiger charge is 2.32. The highest BCUT2D eigenvalue weighted by atomic mass is 32.2. The van der Waals surface area contributed by atoms with Crippen LogP contribution in [0.2, 0.25) is 0 Å². The van der Waals surface area contributed by atoms with E-state index in [2.05, 4.69) is 5.32 Å². The fourth-order valence-electron chi connectivity index (χ4n) is 3.96. The van der Waals surface area contributed by atoms with Crippen molar-refractivity contribution in [3.8, 4) is 5.75 Å². The van der Waals surface area contributed by atoms with Crippen LogP contribution in [0.5, 0.6) is 5.75 Å². The third kappa shape index (κ3) is 8.50. The second-order valence-corrected chi connectivity index (χ2v) is 11.7. The van der Waals surface area contributed by atoms with Crippen LogP contribution in [0.15, 0.2) is 77.7 Å². The SMILES string of the molecule is CCOc1ccc(N(CC(=O)N(Cc2ccc(F)cc2)C(C)C(=O)NCC(C)C)S(=O)(=O)c2ccc(F)cc2)cc1. The lowest BCUT2D eigenvalue weighted by Gasteiger charge is -2.32. The molecule has 0 spiro atoms. The fourth-order valence-corrected chi connectivity index (χ4v) is 5.37. The number of carbonyl (C=O) groups is 2. The van der Waals surface area contributed by atoms with Gasteiger partial charge in [-0.1, -0.05) is 26.0 Å². The maximum atomic E-state index is 13.9. The predicted octanol–water partition coefficient (Wildman–Crippen LogP) is 4.75. The number of rotatable bonds is 13. The van der Waals surface area contributed by atoms with E-state index in [9.17, 15) is 26.8 Å². The molecule has 11 heteroatoms. The van der Waals surface area contributed by atoms with Gasteiger partial charge in [-0.25, -0.2) is 17.2 Å². The smallest absolute Gasteiger partial charge is 0.264 e. The Balaban J connectivity index is 2.01. The molecule has 0 radical (unpaired) electrons. The maximum absolute atomic E-state index is 13.9. The Bertz CT molecular complexity index is 1410. The second-order valence-electron chi connectivity index (χ2n) is 9.86. The average molecular weight is 588 g/mol. The molecule has 0 heterocycles. The molecular formula is C30H35F2N3O5S. The van der Waals surface area contributed by atoms with Gasteiger partial charge in [-0.2, -0.15) is 0 Å². The van der Waals surface area contributed by atoms with Crippen LogP contribution in [0.4, 0.5) is 14.5 Å². The molecule has 3 aromatic rings. The summed E-state index contributed by atoms with van der Waals surface area (Å²) in [4.78, 5) is 27.9. The summed E-state index contributed by atoms with van der Waals surface area (Å²) in [6.45, 7) is 7.30. The number of nitrogens with one attached hydrogen (secondary N) is 1. The summed E-state index contributed by atoms with van der Waals surface area (Å²) in [6.07, 6.45) is 0. The van der Waals surface area contributed by atoms with Gasteiger partial charge in [0.15, 0.2) is 0 Å². The number of nitrogens with zero attached hydrogens (tertiary/aromatic N) is 2. The predicted molar refractivity (Wildman–Crippen MR) is 153 cm³/mol. The number of carbonyl (C=O) groups excluding carboxylic acids is 2. The quantitative estimate of drug-likeness (QED) is 0.312. The van der Waals surface area contributed by atoms with E-state index in [1.807, 2.05) is 20.8 Å². The minimum absolute atomic E-state index is 0.0664. The van der Waals surface area contributed by atoms with Gasteiger partial charge in [0, 0.05) is 13.1 Å². The van der Waals surface area contributed by atoms with E-state index in [-0.39, 0.29) is 23.0 Å². The zero-order chi connectivity index (χ0) is 30.2. The summed E-state index contributed by atoms with van der Waals surface area (Å²) in [5, 5.41) is 2.80. The van der Waals surface area contributed by atoms with Gasteiger partial charge in [0.2, 0.25) is 11.8 Å². The number of hydrogen-bond acceptors (Lipinski definition) is 5. The molecule has 1 N–H and O–H groups in total. The normalized spacial score (nSPS) is 12.1. The van der Waals surface area contributed by atoms with Crippen LogP contribution < -0.4 is 14.4 Å². The molecule has 0 aliphatic rings. The zero-order valence-corrected chi connectivity index (χ0v) is 24.3. The summed E-state index contributed by atoms with van der Waals surface area (Å²) in [5.41, 5.74) is 0.724. The van der Waals surface area contributed by atoms with E-state index in [0.717, 1.165) is 28.6 Å². The Morgan fingerprint density at radius 2 is 1.44 bits per heavy atom. The molecule has 0 bridgehead atoms. The number of benzene rings is 3. The Labute approximate surface area is 240 Å². The van der Waals surface area contributed by atoms with Crippen LogP contribution in [0, 0.1) is 17.6 Å². The number of sulfonamides is 1. The van der Waals surface area contributed by atoms with Gasteiger partial charge in [-0.3, -0.25) is 13.9 Å². The topological polar surface area (TPSA) is 96.0 Å². The molecular weight excluding hydrogens is 552 g/mol. The number of amides is 2. The van der Waals surface area contributed by atoms with E-state index < -0.39 is 46.1 Å². The lowest BCUT2D eigenvalue weighted by molar-refractivity contribution is -0.139. The Morgan fingerprint density at radius 1 is 0.878 bits per heavy atom. The van der Waals surface area contributed by atoms with Gasteiger partial charge in [0.1, 0.15) is 30.0 Å². The highest BCUT2D eigenvalue weighted by Crippen LogP contribution is 2.27. The van der Waals surface area contributed by atoms with Crippen LogP contribution in [0.25, 0.3) is 0 Å². The molecule has 41 heavy (non-hydrogen) atoms. The fraction of sp³-hybridized carbons (Fsp3) is 0.333. The van der Waals surface area contributed by atoms with Gasteiger partial charge in [0.25, 0.3) is 10.0 Å². The molecule has 3 aromatic carbocycles. The van der Waals surface area contributed by atoms with Gasteiger partial charge in [-0.15, -0.1) is 0 Å². The van der Waals surface area contributed by atoms with Gasteiger partial charge >= 0.3 is 0 Å². The molecule has 0 aromatic heterocycles.